The number of hydrogen-bond donors (Lipinski definition) is 1. The van der Waals surface area contributed by atoms with E-state index in [0.717, 1.165) is 0 Å². The van der Waals surface area contributed by atoms with Crippen LogP contribution in [0.4, 0.5) is 5.69 Å². The van der Waals surface area contributed by atoms with Gasteiger partial charge in [-0.3, -0.25) is 14.5 Å². The fraction of sp³-hybridized carbons (Fsp3) is 0.286. The molecular weight excluding hydrogens is 358 g/mol. The minimum Gasteiger partial charge on any atom is -0.493 e. The topological polar surface area (TPSA) is 94.2 Å². The number of carbonyl (C=O) groups excluding carboxylic acids is 2. The number of hydrazone groups is 1. The SMILES string of the molecule is CCC(=NN)c1cc(OC)c(OC)cc1C1CC(=O)N(c2ccccc2)C1=O. The largest absolute Gasteiger partial charge is 0.493 e. The van der Waals surface area contributed by atoms with Crippen molar-refractivity contribution in [3.05, 3.63) is 53.6 Å². The summed E-state index contributed by atoms with van der Waals surface area (Å²) >= 11 is 0. The summed E-state index contributed by atoms with van der Waals surface area (Å²) in [5, 5.41) is 3.87. The fourth-order valence-corrected chi connectivity index (χ4v) is 3.51. The van der Waals surface area contributed by atoms with Crippen LogP contribution in [0.1, 0.15) is 36.8 Å². The molecule has 0 bridgehead atoms. The Morgan fingerprint density at radius 3 is 2.36 bits per heavy atom. The van der Waals surface area contributed by atoms with Gasteiger partial charge in [0.1, 0.15) is 0 Å². The molecule has 0 spiro atoms. The van der Waals surface area contributed by atoms with Crippen molar-refractivity contribution in [2.45, 2.75) is 25.7 Å². The lowest BCUT2D eigenvalue weighted by Gasteiger charge is -2.19. The van der Waals surface area contributed by atoms with Gasteiger partial charge in [-0.1, -0.05) is 25.1 Å². The standard InChI is InChI=1S/C21H23N3O4/c1-4-17(23-22)15-11-19(28-3)18(27-2)10-14(15)16-12-20(25)24(21(16)26)13-8-6-5-7-9-13/h5-11,16H,4,12,22H2,1-3H3. The van der Waals surface area contributed by atoms with Crippen molar-refractivity contribution in [1.82, 2.24) is 0 Å². The molecule has 1 unspecified atom stereocenters. The number of ether oxygens (including phenoxy) is 2. The fourth-order valence-electron chi connectivity index (χ4n) is 3.51. The van der Waals surface area contributed by atoms with E-state index in [0.29, 0.717) is 40.4 Å². The van der Waals surface area contributed by atoms with Crippen molar-refractivity contribution in [1.29, 1.82) is 0 Å². The number of anilines is 1. The first-order chi connectivity index (χ1) is 13.5. The van der Waals surface area contributed by atoms with Crippen LogP contribution in [0.3, 0.4) is 0 Å². The molecule has 2 aromatic rings. The van der Waals surface area contributed by atoms with Gasteiger partial charge in [-0.15, -0.1) is 0 Å². The molecule has 1 fully saturated rings. The smallest absolute Gasteiger partial charge is 0.241 e. The van der Waals surface area contributed by atoms with E-state index in [9.17, 15) is 9.59 Å². The van der Waals surface area contributed by atoms with Crippen LogP contribution in [0, 0.1) is 0 Å². The second kappa shape index (κ2) is 8.12. The lowest BCUT2D eigenvalue weighted by molar-refractivity contribution is -0.121. The first-order valence-corrected chi connectivity index (χ1v) is 9.00. The Kier molecular flexibility index (Phi) is 5.63. The first kappa shape index (κ1) is 19.4. The van der Waals surface area contributed by atoms with Gasteiger partial charge in [0, 0.05) is 12.0 Å². The van der Waals surface area contributed by atoms with Gasteiger partial charge in [-0.2, -0.15) is 5.10 Å². The van der Waals surface area contributed by atoms with E-state index < -0.39 is 5.92 Å². The molecule has 0 aromatic heterocycles. The molecule has 28 heavy (non-hydrogen) atoms. The number of para-hydroxylation sites is 1. The van der Waals surface area contributed by atoms with Crippen LogP contribution in [-0.4, -0.2) is 31.7 Å². The molecule has 1 heterocycles. The number of carbonyl (C=O) groups is 2. The van der Waals surface area contributed by atoms with Crippen LogP contribution in [0.25, 0.3) is 0 Å². The number of nitrogens with two attached hydrogens (primary N) is 1. The number of hydrogen-bond acceptors (Lipinski definition) is 6. The first-order valence-electron chi connectivity index (χ1n) is 9.00. The Hall–Kier alpha value is -3.35. The maximum absolute atomic E-state index is 13.2. The summed E-state index contributed by atoms with van der Waals surface area (Å²) in [6.07, 6.45) is 0.633. The molecule has 7 nitrogen and oxygen atoms in total. The average molecular weight is 381 g/mol. The highest BCUT2D eigenvalue weighted by Gasteiger charge is 2.42. The van der Waals surface area contributed by atoms with Gasteiger partial charge in [0.2, 0.25) is 11.8 Å². The summed E-state index contributed by atoms with van der Waals surface area (Å²) in [7, 11) is 3.06. The third-order valence-corrected chi connectivity index (χ3v) is 4.89. The van der Waals surface area contributed by atoms with Crippen LogP contribution in [0.2, 0.25) is 0 Å². The zero-order valence-electron chi connectivity index (χ0n) is 16.1. The summed E-state index contributed by atoms with van der Waals surface area (Å²) < 4.78 is 10.8. The normalized spacial score (nSPS) is 17.2. The number of benzene rings is 2. The van der Waals surface area contributed by atoms with E-state index in [1.54, 1.807) is 36.4 Å². The maximum atomic E-state index is 13.2. The van der Waals surface area contributed by atoms with Crippen LogP contribution < -0.4 is 20.2 Å². The molecule has 1 saturated heterocycles. The van der Waals surface area contributed by atoms with Crippen molar-refractivity contribution in [2.75, 3.05) is 19.1 Å². The molecule has 3 rings (SSSR count). The van der Waals surface area contributed by atoms with E-state index >= 15 is 0 Å². The van der Waals surface area contributed by atoms with Crippen molar-refractivity contribution >= 4 is 23.2 Å². The van der Waals surface area contributed by atoms with Gasteiger partial charge in [0.05, 0.1) is 31.5 Å². The number of amides is 2. The molecule has 1 aliphatic heterocycles. The second-order valence-electron chi connectivity index (χ2n) is 6.38. The molecule has 2 amide bonds. The predicted molar refractivity (Wildman–Crippen MR) is 107 cm³/mol. The van der Waals surface area contributed by atoms with E-state index in [1.807, 2.05) is 13.0 Å². The highest BCUT2D eigenvalue weighted by Crippen LogP contribution is 2.40. The van der Waals surface area contributed by atoms with Gasteiger partial charge in [-0.05, 0) is 36.2 Å². The zero-order valence-corrected chi connectivity index (χ0v) is 16.1. The quantitative estimate of drug-likeness (QED) is 0.359. The molecule has 146 valence electrons. The third-order valence-electron chi connectivity index (χ3n) is 4.89. The molecular formula is C21H23N3O4. The molecule has 2 N–H and O–H groups in total. The zero-order chi connectivity index (χ0) is 20.3. The van der Waals surface area contributed by atoms with Crippen LogP contribution in [0.15, 0.2) is 47.6 Å². The molecule has 1 aliphatic rings. The van der Waals surface area contributed by atoms with Gasteiger partial charge in [-0.25, -0.2) is 0 Å². The highest BCUT2D eigenvalue weighted by atomic mass is 16.5. The van der Waals surface area contributed by atoms with E-state index in [2.05, 4.69) is 5.10 Å². The third kappa shape index (κ3) is 3.31. The van der Waals surface area contributed by atoms with Gasteiger partial charge in [0.25, 0.3) is 0 Å². The lowest BCUT2D eigenvalue weighted by Crippen LogP contribution is -2.30. The average Bonchev–Trinajstić information content (AvgIpc) is 3.02. The summed E-state index contributed by atoms with van der Waals surface area (Å²) in [5.74, 6) is 5.39. The molecule has 0 aliphatic carbocycles. The monoisotopic (exact) mass is 381 g/mol. The van der Waals surface area contributed by atoms with Crippen molar-refractivity contribution in [2.24, 2.45) is 10.9 Å². The Morgan fingerprint density at radius 1 is 1.14 bits per heavy atom. The Morgan fingerprint density at radius 2 is 1.79 bits per heavy atom. The highest BCUT2D eigenvalue weighted by molar-refractivity contribution is 6.23. The van der Waals surface area contributed by atoms with E-state index in [4.69, 9.17) is 15.3 Å². The molecule has 2 aromatic carbocycles. The van der Waals surface area contributed by atoms with E-state index in [-0.39, 0.29) is 18.2 Å². The minimum absolute atomic E-state index is 0.0672. The summed E-state index contributed by atoms with van der Waals surface area (Å²) in [6, 6.07) is 12.4. The van der Waals surface area contributed by atoms with Crippen LogP contribution in [0.5, 0.6) is 11.5 Å². The van der Waals surface area contributed by atoms with E-state index in [1.165, 1.54) is 19.1 Å². The Bertz CT molecular complexity index is 925. The van der Waals surface area contributed by atoms with Crippen LogP contribution >= 0.6 is 0 Å². The van der Waals surface area contributed by atoms with Gasteiger partial charge >= 0.3 is 0 Å². The van der Waals surface area contributed by atoms with Crippen molar-refractivity contribution < 1.29 is 19.1 Å². The lowest BCUT2D eigenvalue weighted by atomic mass is 9.89. The minimum atomic E-state index is -0.647. The van der Waals surface area contributed by atoms with Crippen LogP contribution in [-0.2, 0) is 9.59 Å². The number of methoxy groups -OCH3 is 2. The number of nitrogens with zero attached hydrogens (tertiary/aromatic N) is 2. The molecule has 7 heteroatoms. The Labute approximate surface area is 163 Å². The maximum Gasteiger partial charge on any atom is 0.241 e. The number of rotatable bonds is 6. The molecule has 0 radical (unpaired) electrons. The molecule has 1 atom stereocenters. The second-order valence-corrected chi connectivity index (χ2v) is 6.38. The Balaban J connectivity index is 2.12. The van der Waals surface area contributed by atoms with Gasteiger partial charge < -0.3 is 15.3 Å². The van der Waals surface area contributed by atoms with Crippen molar-refractivity contribution in [3.63, 3.8) is 0 Å². The summed E-state index contributed by atoms with van der Waals surface area (Å²) in [4.78, 5) is 27.1. The van der Waals surface area contributed by atoms with Crippen molar-refractivity contribution in [3.8, 4) is 11.5 Å². The number of imide groups is 1. The molecule has 0 saturated carbocycles. The predicted octanol–water partition coefficient (Wildman–Crippen LogP) is 2.82. The van der Waals surface area contributed by atoms with Gasteiger partial charge in [0.15, 0.2) is 11.5 Å². The summed E-state index contributed by atoms with van der Waals surface area (Å²) in [5.41, 5.74) is 2.52. The summed E-state index contributed by atoms with van der Waals surface area (Å²) in [6.45, 7) is 1.92.